The predicted molar refractivity (Wildman–Crippen MR) is 49.6 cm³/mol. The molecule has 2 rings (SSSR count). The summed E-state index contributed by atoms with van der Waals surface area (Å²) in [5.41, 5.74) is 0.322. The van der Waals surface area contributed by atoms with E-state index >= 15 is 0 Å². The van der Waals surface area contributed by atoms with Crippen molar-refractivity contribution in [2.75, 3.05) is 0 Å². The van der Waals surface area contributed by atoms with E-state index < -0.39 is 0 Å². The highest BCUT2D eigenvalue weighted by atomic mass is 16.1. The van der Waals surface area contributed by atoms with Gasteiger partial charge in [-0.3, -0.25) is 4.98 Å². The fourth-order valence-corrected chi connectivity index (χ4v) is 1.32. The summed E-state index contributed by atoms with van der Waals surface area (Å²) in [6.07, 6.45) is 5.68. The first-order valence-corrected chi connectivity index (χ1v) is 4.14. The third kappa shape index (κ3) is 1.47. The molecule has 0 bridgehead atoms. The topological polar surface area (TPSA) is 61.0 Å². The molecule has 0 aliphatic carbocycles. The van der Waals surface area contributed by atoms with E-state index in [0.717, 1.165) is 5.35 Å². The van der Waals surface area contributed by atoms with Crippen LogP contribution in [0, 0.1) is 5.41 Å². The summed E-state index contributed by atoms with van der Waals surface area (Å²) in [5, 5.41) is 0.764. The average molecular weight is 177 g/mol. The molecule has 0 atom stereocenters. The summed E-state index contributed by atoms with van der Waals surface area (Å²) in [6, 6.07) is 0. The molecule has 4 heteroatoms. The van der Waals surface area contributed by atoms with Crippen LogP contribution in [0.25, 0.3) is 6.08 Å². The van der Waals surface area contributed by atoms with Gasteiger partial charge in [-0.1, -0.05) is 19.9 Å². The minimum Gasteiger partial charge on any atom is -0.305 e. The van der Waals surface area contributed by atoms with Gasteiger partial charge in [-0.25, -0.2) is 9.79 Å². The Morgan fingerprint density at radius 1 is 1.38 bits per heavy atom. The number of allylic oxidation sites excluding steroid dienone is 1. The maximum atomic E-state index is 11.0. The number of H-pyrrole nitrogens is 2. The second-order valence-corrected chi connectivity index (χ2v) is 3.75. The number of rotatable bonds is 0. The first kappa shape index (κ1) is 8.04. The fourth-order valence-electron chi connectivity index (χ4n) is 1.32. The number of aromatic amines is 2. The smallest absolute Gasteiger partial charge is 0.305 e. The molecule has 1 aliphatic heterocycles. The van der Waals surface area contributed by atoms with Gasteiger partial charge >= 0.3 is 5.69 Å². The number of aromatic nitrogens is 2. The monoisotopic (exact) mass is 177 g/mol. The number of nitrogens with zero attached hydrogens (tertiary/aromatic N) is 1. The molecule has 0 aromatic carbocycles. The zero-order valence-corrected chi connectivity index (χ0v) is 7.59. The number of nitrogens with one attached hydrogen (secondary N) is 2. The maximum absolute atomic E-state index is 11.0. The molecule has 68 valence electrons. The Hall–Kier alpha value is -1.58. The Kier molecular flexibility index (Phi) is 1.52. The van der Waals surface area contributed by atoms with Crippen molar-refractivity contribution in [3.8, 4) is 0 Å². The number of hydrogen-bond donors (Lipinski definition) is 2. The van der Waals surface area contributed by atoms with Gasteiger partial charge in [-0.15, -0.1) is 0 Å². The lowest BCUT2D eigenvalue weighted by Gasteiger charge is -2.11. The quantitative estimate of drug-likeness (QED) is 0.559. The molecule has 0 saturated heterocycles. The van der Waals surface area contributed by atoms with Crippen molar-refractivity contribution in [2.24, 2.45) is 10.4 Å². The maximum Gasteiger partial charge on any atom is 0.325 e. The average Bonchev–Trinajstić information content (AvgIpc) is 2.23. The van der Waals surface area contributed by atoms with E-state index in [1.54, 1.807) is 6.20 Å². The van der Waals surface area contributed by atoms with Crippen LogP contribution in [-0.4, -0.2) is 9.97 Å². The molecule has 2 N–H and O–H groups in total. The van der Waals surface area contributed by atoms with Crippen LogP contribution in [0.5, 0.6) is 0 Å². The Morgan fingerprint density at radius 2 is 2.15 bits per heavy atom. The molecular weight excluding hydrogens is 166 g/mol. The van der Waals surface area contributed by atoms with Gasteiger partial charge in [0.1, 0.15) is 0 Å². The summed E-state index contributed by atoms with van der Waals surface area (Å²) in [5.74, 6) is 0. The van der Waals surface area contributed by atoms with Crippen LogP contribution in [0.4, 0.5) is 0 Å². The molecule has 2 heterocycles. The van der Waals surface area contributed by atoms with Gasteiger partial charge in [0.25, 0.3) is 0 Å². The van der Waals surface area contributed by atoms with Crippen LogP contribution in [0.3, 0.4) is 0 Å². The Balaban J connectivity index is 2.83. The van der Waals surface area contributed by atoms with E-state index in [4.69, 9.17) is 0 Å². The van der Waals surface area contributed by atoms with Crippen LogP contribution < -0.4 is 16.5 Å². The van der Waals surface area contributed by atoms with Crippen molar-refractivity contribution >= 4 is 6.08 Å². The van der Waals surface area contributed by atoms with E-state index in [-0.39, 0.29) is 11.1 Å². The van der Waals surface area contributed by atoms with Crippen molar-refractivity contribution < 1.29 is 0 Å². The predicted octanol–water partition coefficient (Wildman–Crippen LogP) is -0.343. The van der Waals surface area contributed by atoms with Crippen LogP contribution in [0.15, 0.2) is 22.1 Å². The molecule has 0 radical (unpaired) electrons. The van der Waals surface area contributed by atoms with E-state index in [2.05, 4.69) is 28.8 Å². The zero-order chi connectivity index (χ0) is 9.47. The highest BCUT2D eigenvalue weighted by molar-refractivity contribution is 5.33. The third-order valence-electron chi connectivity index (χ3n) is 1.96. The van der Waals surface area contributed by atoms with Crippen LogP contribution in [-0.2, 0) is 0 Å². The Labute approximate surface area is 74.7 Å². The van der Waals surface area contributed by atoms with E-state index in [9.17, 15) is 4.79 Å². The highest BCUT2D eigenvalue weighted by Crippen LogP contribution is 2.18. The first-order valence-electron chi connectivity index (χ1n) is 4.14. The summed E-state index contributed by atoms with van der Waals surface area (Å²) in [6.45, 7) is 4.11. The lowest BCUT2D eigenvalue weighted by Crippen LogP contribution is -2.25. The molecule has 0 unspecified atom stereocenters. The van der Waals surface area contributed by atoms with Crippen molar-refractivity contribution in [1.82, 2.24) is 9.97 Å². The Morgan fingerprint density at radius 3 is 2.92 bits per heavy atom. The van der Waals surface area contributed by atoms with Gasteiger partial charge in [-0.2, -0.15) is 0 Å². The van der Waals surface area contributed by atoms with Crippen molar-refractivity contribution in [2.45, 2.75) is 13.8 Å². The van der Waals surface area contributed by atoms with Gasteiger partial charge in [0.2, 0.25) is 0 Å². The number of fused-ring (bicyclic) bond motifs is 1. The summed E-state index contributed by atoms with van der Waals surface area (Å²) >= 11 is 0. The van der Waals surface area contributed by atoms with E-state index in [0.29, 0.717) is 5.49 Å². The molecule has 1 aliphatic rings. The van der Waals surface area contributed by atoms with Gasteiger partial charge < -0.3 is 4.98 Å². The summed E-state index contributed by atoms with van der Waals surface area (Å²) < 4.78 is 0. The second kappa shape index (κ2) is 2.45. The molecule has 0 saturated carbocycles. The molecule has 0 spiro atoms. The molecule has 0 fully saturated rings. The first-order chi connectivity index (χ1) is 6.07. The molecule has 4 nitrogen and oxygen atoms in total. The lowest BCUT2D eigenvalue weighted by molar-refractivity contribution is 0.668. The minimum atomic E-state index is -0.212. The highest BCUT2D eigenvalue weighted by Gasteiger charge is 2.11. The van der Waals surface area contributed by atoms with Crippen LogP contribution >= 0.6 is 0 Å². The lowest BCUT2D eigenvalue weighted by atomic mass is 9.93. The molecule has 0 amide bonds. The van der Waals surface area contributed by atoms with Gasteiger partial charge in [0, 0.05) is 11.6 Å². The zero-order valence-electron chi connectivity index (χ0n) is 7.59. The normalized spacial score (nSPS) is 18.3. The van der Waals surface area contributed by atoms with Gasteiger partial charge in [-0.05, 0) is 6.08 Å². The summed E-state index contributed by atoms with van der Waals surface area (Å²) in [4.78, 5) is 20.4. The summed E-state index contributed by atoms with van der Waals surface area (Å²) in [7, 11) is 0. The third-order valence-corrected chi connectivity index (χ3v) is 1.96. The number of imidazole rings is 1. The largest absolute Gasteiger partial charge is 0.325 e. The molecule has 13 heavy (non-hydrogen) atoms. The van der Waals surface area contributed by atoms with Crippen LogP contribution in [0.1, 0.15) is 13.8 Å². The molecule has 1 aromatic rings. The van der Waals surface area contributed by atoms with Crippen molar-refractivity contribution in [3.63, 3.8) is 0 Å². The van der Waals surface area contributed by atoms with Crippen LogP contribution in [0.2, 0.25) is 0 Å². The van der Waals surface area contributed by atoms with Crippen molar-refractivity contribution in [3.05, 3.63) is 33.6 Å². The minimum absolute atomic E-state index is 0.0696. The number of hydrogen-bond acceptors (Lipinski definition) is 2. The fraction of sp³-hybridized carbons (Fsp3) is 0.333. The van der Waals surface area contributed by atoms with E-state index in [1.807, 2.05) is 12.2 Å². The SMILES string of the molecule is CC1(C)C=CN=c2[nH]c(=O)[nH]c2=C1. The van der Waals surface area contributed by atoms with Crippen molar-refractivity contribution in [1.29, 1.82) is 0 Å². The standard InChI is InChI=1S/C9H11N3O/c1-9(2)3-4-10-7-6(5-9)11-8(13)12-7/h3-5H,1-2H3,(H2,10,11,12,13). The Bertz CT molecular complexity index is 516. The second-order valence-electron chi connectivity index (χ2n) is 3.75. The molecular formula is C9H11N3O. The molecule has 1 aromatic heterocycles. The van der Waals surface area contributed by atoms with Gasteiger partial charge in [0.05, 0.1) is 5.35 Å². The van der Waals surface area contributed by atoms with E-state index in [1.165, 1.54) is 0 Å². The van der Waals surface area contributed by atoms with Gasteiger partial charge in [0.15, 0.2) is 5.49 Å².